The van der Waals surface area contributed by atoms with Gasteiger partial charge in [0, 0.05) is 24.1 Å². The second-order valence-corrected chi connectivity index (χ2v) is 6.08. The van der Waals surface area contributed by atoms with Crippen molar-refractivity contribution >= 4 is 11.8 Å². The van der Waals surface area contributed by atoms with Crippen LogP contribution in [0.2, 0.25) is 0 Å². The molecule has 0 aromatic carbocycles. The van der Waals surface area contributed by atoms with E-state index < -0.39 is 0 Å². The van der Waals surface area contributed by atoms with E-state index in [0.717, 1.165) is 11.8 Å². The lowest BCUT2D eigenvalue weighted by atomic mass is 10.1. The molecule has 2 N–H and O–H groups in total. The predicted octanol–water partition coefficient (Wildman–Crippen LogP) is 2.33. The first-order valence-electron chi connectivity index (χ1n) is 6.37. The molecule has 1 atom stereocenters. The smallest absolute Gasteiger partial charge is 0.0147 e. The Bertz CT molecular complexity index is 153. The summed E-state index contributed by atoms with van der Waals surface area (Å²) >= 11 is 2.12. The number of thioether (sulfide) groups is 1. The van der Waals surface area contributed by atoms with Crippen LogP contribution in [0.3, 0.4) is 0 Å². The summed E-state index contributed by atoms with van der Waals surface area (Å²) < 4.78 is 0. The maximum absolute atomic E-state index is 5.46. The topological polar surface area (TPSA) is 29.3 Å². The van der Waals surface area contributed by atoms with Crippen LogP contribution in [0, 0.1) is 0 Å². The van der Waals surface area contributed by atoms with Gasteiger partial charge in [-0.2, -0.15) is 11.8 Å². The second-order valence-electron chi connectivity index (χ2n) is 4.54. The third-order valence-corrected chi connectivity index (χ3v) is 4.14. The highest BCUT2D eigenvalue weighted by Crippen LogP contribution is 2.18. The second kappa shape index (κ2) is 8.43. The summed E-state index contributed by atoms with van der Waals surface area (Å²) in [6, 6.07) is 0. The number of rotatable bonds is 7. The molecule has 1 fully saturated rings. The van der Waals surface area contributed by atoms with Crippen molar-refractivity contribution < 1.29 is 0 Å². The van der Waals surface area contributed by atoms with Crippen LogP contribution in [0.15, 0.2) is 0 Å². The molecule has 1 aliphatic heterocycles. The van der Waals surface area contributed by atoms with Gasteiger partial charge in [0.2, 0.25) is 0 Å². The monoisotopic (exact) mass is 230 g/mol. The van der Waals surface area contributed by atoms with Crippen molar-refractivity contribution in [2.45, 2.75) is 44.3 Å². The highest BCUT2D eigenvalue weighted by molar-refractivity contribution is 7.99. The largest absolute Gasteiger partial charge is 0.330 e. The van der Waals surface area contributed by atoms with E-state index in [4.69, 9.17) is 5.73 Å². The summed E-state index contributed by atoms with van der Waals surface area (Å²) in [6.45, 7) is 7.12. The molecule has 90 valence electrons. The summed E-state index contributed by atoms with van der Waals surface area (Å²) in [7, 11) is 0. The van der Waals surface area contributed by atoms with Gasteiger partial charge in [-0.3, -0.25) is 0 Å². The van der Waals surface area contributed by atoms with Crippen LogP contribution in [-0.4, -0.2) is 42.1 Å². The minimum atomic E-state index is 0.844. The summed E-state index contributed by atoms with van der Waals surface area (Å²) in [6.07, 6.45) is 6.66. The van der Waals surface area contributed by atoms with E-state index in [1.807, 2.05) is 0 Å². The van der Waals surface area contributed by atoms with Crippen molar-refractivity contribution in [2.24, 2.45) is 5.73 Å². The highest BCUT2D eigenvalue weighted by atomic mass is 32.2. The van der Waals surface area contributed by atoms with Gasteiger partial charge in [0.05, 0.1) is 0 Å². The van der Waals surface area contributed by atoms with Gasteiger partial charge in [-0.1, -0.05) is 26.2 Å². The van der Waals surface area contributed by atoms with Gasteiger partial charge >= 0.3 is 0 Å². The summed E-state index contributed by atoms with van der Waals surface area (Å²) in [5.74, 6) is 1.33. The van der Waals surface area contributed by atoms with Crippen molar-refractivity contribution in [3.05, 3.63) is 0 Å². The van der Waals surface area contributed by atoms with Crippen molar-refractivity contribution in [1.82, 2.24) is 4.90 Å². The first-order valence-corrected chi connectivity index (χ1v) is 7.42. The van der Waals surface area contributed by atoms with E-state index in [1.54, 1.807) is 0 Å². The third kappa shape index (κ3) is 6.44. The normalized spacial score (nSPS) is 23.2. The standard InChI is InChI=1S/C12H26N2S/c1-12-11-14(9-10-15-12)8-6-4-2-3-5-7-13/h12H,2-11,13H2,1H3. The molecule has 0 bridgehead atoms. The molecule has 15 heavy (non-hydrogen) atoms. The van der Waals surface area contributed by atoms with Gasteiger partial charge in [0.1, 0.15) is 0 Å². The molecule has 0 radical (unpaired) electrons. The maximum Gasteiger partial charge on any atom is 0.0147 e. The van der Waals surface area contributed by atoms with Crippen LogP contribution in [0.5, 0.6) is 0 Å². The van der Waals surface area contributed by atoms with E-state index in [-0.39, 0.29) is 0 Å². The van der Waals surface area contributed by atoms with Gasteiger partial charge in [-0.25, -0.2) is 0 Å². The Morgan fingerprint density at radius 2 is 1.93 bits per heavy atom. The fourth-order valence-electron chi connectivity index (χ4n) is 2.10. The van der Waals surface area contributed by atoms with E-state index >= 15 is 0 Å². The van der Waals surface area contributed by atoms with Crippen molar-refractivity contribution in [2.75, 3.05) is 31.9 Å². The zero-order valence-corrected chi connectivity index (χ0v) is 10.9. The molecule has 1 unspecified atom stereocenters. The van der Waals surface area contributed by atoms with Gasteiger partial charge in [-0.15, -0.1) is 0 Å². The molecule has 1 heterocycles. The summed E-state index contributed by atoms with van der Waals surface area (Å²) in [4.78, 5) is 2.63. The van der Waals surface area contributed by atoms with Crippen LogP contribution < -0.4 is 5.73 Å². The molecule has 0 amide bonds. The lowest BCUT2D eigenvalue weighted by molar-refractivity contribution is 0.279. The zero-order valence-electron chi connectivity index (χ0n) is 10.1. The molecule has 1 saturated heterocycles. The fraction of sp³-hybridized carbons (Fsp3) is 1.00. The minimum absolute atomic E-state index is 0.844. The van der Waals surface area contributed by atoms with E-state index in [0.29, 0.717) is 0 Å². The lowest BCUT2D eigenvalue weighted by Gasteiger charge is -2.30. The first kappa shape index (κ1) is 13.3. The molecule has 0 aromatic heterocycles. The number of unbranched alkanes of at least 4 members (excludes halogenated alkanes) is 4. The SMILES string of the molecule is CC1CN(CCCCCCCN)CCS1. The predicted molar refractivity (Wildman–Crippen MR) is 70.5 cm³/mol. The zero-order chi connectivity index (χ0) is 10.9. The molecule has 0 saturated carbocycles. The molecule has 2 nitrogen and oxygen atoms in total. The van der Waals surface area contributed by atoms with Gasteiger partial charge in [0.15, 0.2) is 0 Å². The molecular formula is C12H26N2S. The third-order valence-electron chi connectivity index (χ3n) is 3.00. The van der Waals surface area contributed by atoms with Crippen LogP contribution in [0.1, 0.15) is 39.0 Å². The Labute approximate surface area is 99.0 Å². The summed E-state index contributed by atoms with van der Waals surface area (Å²) in [5.41, 5.74) is 5.46. The van der Waals surface area contributed by atoms with Crippen LogP contribution in [0.4, 0.5) is 0 Å². The van der Waals surface area contributed by atoms with E-state index in [1.165, 1.54) is 57.5 Å². The van der Waals surface area contributed by atoms with Crippen molar-refractivity contribution in [1.29, 1.82) is 0 Å². The number of nitrogens with two attached hydrogens (primary N) is 1. The molecule has 0 aliphatic carbocycles. The number of hydrogen-bond acceptors (Lipinski definition) is 3. The van der Waals surface area contributed by atoms with Gasteiger partial charge in [-0.05, 0) is 25.9 Å². The number of nitrogens with zero attached hydrogens (tertiary/aromatic N) is 1. The molecule has 3 heteroatoms. The Hall–Kier alpha value is 0.270. The van der Waals surface area contributed by atoms with Crippen molar-refractivity contribution in [3.8, 4) is 0 Å². The Kier molecular flexibility index (Phi) is 7.49. The minimum Gasteiger partial charge on any atom is -0.330 e. The van der Waals surface area contributed by atoms with Crippen LogP contribution in [0.25, 0.3) is 0 Å². The van der Waals surface area contributed by atoms with Gasteiger partial charge in [0.25, 0.3) is 0 Å². The van der Waals surface area contributed by atoms with E-state index in [9.17, 15) is 0 Å². The van der Waals surface area contributed by atoms with E-state index in [2.05, 4.69) is 23.6 Å². The Morgan fingerprint density at radius 1 is 1.20 bits per heavy atom. The lowest BCUT2D eigenvalue weighted by Crippen LogP contribution is -2.37. The fourth-order valence-corrected chi connectivity index (χ4v) is 3.19. The Balaban J connectivity index is 1.90. The molecule has 1 rings (SSSR count). The molecule has 0 aromatic rings. The quantitative estimate of drug-likeness (QED) is 0.681. The maximum atomic E-state index is 5.46. The number of hydrogen-bond donors (Lipinski definition) is 1. The molecule has 1 aliphatic rings. The Morgan fingerprint density at radius 3 is 2.67 bits per heavy atom. The first-order chi connectivity index (χ1) is 7.33. The molecular weight excluding hydrogens is 204 g/mol. The highest BCUT2D eigenvalue weighted by Gasteiger charge is 2.15. The summed E-state index contributed by atoms with van der Waals surface area (Å²) in [5, 5.41) is 0.844. The van der Waals surface area contributed by atoms with Crippen LogP contribution >= 0.6 is 11.8 Å². The average molecular weight is 230 g/mol. The average Bonchev–Trinajstić information content (AvgIpc) is 2.23. The van der Waals surface area contributed by atoms with Crippen LogP contribution in [-0.2, 0) is 0 Å². The van der Waals surface area contributed by atoms with Gasteiger partial charge < -0.3 is 10.6 Å². The molecule has 0 spiro atoms. The van der Waals surface area contributed by atoms with Crippen molar-refractivity contribution in [3.63, 3.8) is 0 Å².